The molecule has 0 aliphatic carbocycles. The topological polar surface area (TPSA) is 21.3 Å². The van der Waals surface area contributed by atoms with Gasteiger partial charge < -0.3 is 10.1 Å². The fraction of sp³-hybridized carbons (Fsp3) is 0.538. The lowest BCUT2D eigenvalue weighted by atomic mass is 10.00. The van der Waals surface area contributed by atoms with E-state index in [-0.39, 0.29) is 27.9 Å². The van der Waals surface area contributed by atoms with Crippen LogP contribution in [0.2, 0.25) is 10.0 Å². The van der Waals surface area contributed by atoms with Crippen LogP contribution in [-0.4, -0.2) is 25.5 Å². The summed E-state index contributed by atoms with van der Waals surface area (Å²) < 4.78 is 57.8. The van der Waals surface area contributed by atoms with Gasteiger partial charge in [0.15, 0.2) is 0 Å². The van der Waals surface area contributed by atoms with Crippen LogP contribution in [0.1, 0.15) is 25.5 Å². The molecule has 1 rings (SSSR count). The van der Waals surface area contributed by atoms with Crippen molar-refractivity contribution in [2.45, 2.75) is 32.2 Å². The summed E-state index contributed by atoms with van der Waals surface area (Å²) in [4.78, 5) is 0. The van der Waals surface area contributed by atoms with E-state index in [1.165, 1.54) is 13.0 Å². The molecule has 1 aromatic carbocycles. The maximum absolute atomic E-state index is 13.7. The summed E-state index contributed by atoms with van der Waals surface area (Å²) in [6.45, 7) is 3.61. The van der Waals surface area contributed by atoms with Gasteiger partial charge in [0, 0.05) is 11.1 Å². The van der Waals surface area contributed by atoms with E-state index in [0.29, 0.717) is 6.61 Å². The third kappa shape index (κ3) is 4.14. The molecule has 21 heavy (non-hydrogen) atoms. The van der Waals surface area contributed by atoms with Crippen molar-refractivity contribution in [2.24, 2.45) is 0 Å². The first-order valence-corrected chi connectivity index (χ1v) is 7.02. The molecule has 0 spiro atoms. The van der Waals surface area contributed by atoms with Gasteiger partial charge in [0.25, 0.3) is 0 Å². The average molecular weight is 348 g/mol. The summed E-state index contributed by atoms with van der Waals surface area (Å²) in [5.74, 6) is -4.07. The minimum atomic E-state index is -4.28. The molecule has 120 valence electrons. The Balaban J connectivity index is 3.29. The van der Waals surface area contributed by atoms with Crippen molar-refractivity contribution in [3.05, 3.63) is 27.7 Å². The lowest BCUT2D eigenvalue weighted by Crippen LogP contribution is -2.42. The molecular formula is C13H15Cl2F4NO. The number of rotatable bonds is 7. The lowest BCUT2D eigenvalue weighted by molar-refractivity contribution is -0.151. The highest BCUT2D eigenvalue weighted by Gasteiger charge is 2.49. The van der Waals surface area contributed by atoms with Crippen molar-refractivity contribution in [2.75, 3.05) is 13.2 Å². The van der Waals surface area contributed by atoms with E-state index in [1.54, 1.807) is 6.92 Å². The number of nitrogens with one attached hydrogen (secondary N) is 1. The van der Waals surface area contributed by atoms with Crippen molar-refractivity contribution in [3.8, 4) is 5.75 Å². The van der Waals surface area contributed by atoms with Crippen molar-refractivity contribution in [1.82, 2.24) is 5.32 Å². The Morgan fingerprint density at radius 3 is 2.29 bits per heavy atom. The van der Waals surface area contributed by atoms with Crippen molar-refractivity contribution >= 4 is 23.2 Å². The molecule has 0 amide bonds. The minimum Gasteiger partial charge on any atom is -0.492 e. The summed E-state index contributed by atoms with van der Waals surface area (Å²) in [7, 11) is 0. The van der Waals surface area contributed by atoms with Crippen LogP contribution in [0, 0.1) is 0 Å². The molecule has 0 radical (unpaired) electrons. The molecule has 1 aromatic rings. The molecular weight excluding hydrogens is 333 g/mol. The number of hydrogen-bond acceptors (Lipinski definition) is 2. The normalized spacial score (nSPS) is 13.6. The van der Waals surface area contributed by atoms with E-state index in [4.69, 9.17) is 27.9 Å². The highest BCUT2D eigenvalue weighted by atomic mass is 35.5. The maximum Gasteiger partial charge on any atom is 0.326 e. The van der Waals surface area contributed by atoms with Crippen molar-refractivity contribution in [1.29, 1.82) is 0 Å². The smallest absolute Gasteiger partial charge is 0.326 e. The van der Waals surface area contributed by atoms with E-state index in [0.717, 1.165) is 6.07 Å². The predicted octanol–water partition coefficient (Wildman–Crippen LogP) is 4.94. The fourth-order valence-corrected chi connectivity index (χ4v) is 2.30. The predicted molar refractivity (Wildman–Crippen MR) is 75.0 cm³/mol. The zero-order valence-corrected chi connectivity index (χ0v) is 12.9. The molecule has 0 bridgehead atoms. The molecule has 0 aliphatic rings. The van der Waals surface area contributed by atoms with Gasteiger partial charge in [-0.1, -0.05) is 30.1 Å². The molecule has 0 saturated heterocycles. The van der Waals surface area contributed by atoms with Crippen LogP contribution in [0.15, 0.2) is 12.1 Å². The molecule has 0 saturated carbocycles. The highest BCUT2D eigenvalue weighted by molar-refractivity contribution is 6.34. The standard InChI is InChI=1S/C13H15Cl2F4NO/c1-3-20-11(13(18,19)12(16)17)7-5-9(15)10(21-4-2)6-8(7)14/h5-6,11-12,20H,3-4H2,1-2H3. The van der Waals surface area contributed by atoms with Gasteiger partial charge in [0.2, 0.25) is 0 Å². The van der Waals surface area contributed by atoms with Crippen LogP contribution in [-0.2, 0) is 0 Å². The largest absolute Gasteiger partial charge is 0.492 e. The second kappa shape index (κ2) is 7.51. The van der Waals surface area contributed by atoms with E-state index >= 15 is 0 Å². The van der Waals surface area contributed by atoms with Crippen LogP contribution >= 0.6 is 23.2 Å². The molecule has 2 nitrogen and oxygen atoms in total. The van der Waals surface area contributed by atoms with Crippen molar-refractivity contribution < 1.29 is 22.3 Å². The molecule has 1 atom stereocenters. The van der Waals surface area contributed by atoms with Gasteiger partial charge in [0.1, 0.15) is 11.8 Å². The first kappa shape index (κ1) is 18.3. The van der Waals surface area contributed by atoms with E-state index in [2.05, 4.69) is 5.32 Å². The Bertz CT molecular complexity index is 485. The lowest BCUT2D eigenvalue weighted by Gasteiger charge is -2.28. The second-order valence-corrected chi connectivity index (χ2v) is 5.02. The number of hydrogen-bond donors (Lipinski definition) is 1. The van der Waals surface area contributed by atoms with Gasteiger partial charge in [-0.25, -0.2) is 8.78 Å². The first-order valence-electron chi connectivity index (χ1n) is 6.26. The van der Waals surface area contributed by atoms with Crippen molar-refractivity contribution in [3.63, 3.8) is 0 Å². The number of benzene rings is 1. The third-order valence-corrected chi connectivity index (χ3v) is 3.37. The number of ether oxygens (including phenoxy) is 1. The van der Waals surface area contributed by atoms with Crippen LogP contribution in [0.25, 0.3) is 0 Å². The molecule has 1 N–H and O–H groups in total. The SMILES string of the molecule is CCNC(c1cc(Cl)c(OCC)cc1Cl)C(F)(F)C(F)F. The molecule has 8 heteroatoms. The molecule has 0 aliphatic heterocycles. The number of alkyl halides is 4. The Kier molecular flexibility index (Phi) is 6.56. The molecule has 0 heterocycles. The Hall–Kier alpha value is -0.720. The van der Waals surface area contributed by atoms with E-state index < -0.39 is 18.4 Å². The third-order valence-electron chi connectivity index (χ3n) is 2.75. The first-order chi connectivity index (χ1) is 9.75. The van der Waals surface area contributed by atoms with Gasteiger partial charge in [-0.05, 0) is 25.1 Å². The summed E-state index contributed by atoms with van der Waals surface area (Å²) >= 11 is 11.8. The zero-order valence-electron chi connectivity index (χ0n) is 11.4. The summed E-state index contributed by atoms with van der Waals surface area (Å²) in [5.41, 5.74) is -0.197. The van der Waals surface area contributed by atoms with Crippen LogP contribution < -0.4 is 10.1 Å². The second-order valence-electron chi connectivity index (χ2n) is 4.20. The van der Waals surface area contributed by atoms with E-state index in [1.807, 2.05) is 0 Å². The number of halogens is 6. The highest BCUT2D eigenvalue weighted by Crippen LogP contribution is 2.42. The van der Waals surface area contributed by atoms with Gasteiger partial charge in [-0.2, -0.15) is 8.78 Å². The van der Waals surface area contributed by atoms with Crippen LogP contribution in [0.5, 0.6) is 5.75 Å². The van der Waals surface area contributed by atoms with Crippen LogP contribution in [0.3, 0.4) is 0 Å². The monoisotopic (exact) mass is 347 g/mol. The van der Waals surface area contributed by atoms with Gasteiger partial charge in [-0.3, -0.25) is 0 Å². The molecule has 0 fully saturated rings. The Morgan fingerprint density at radius 2 is 1.81 bits per heavy atom. The zero-order chi connectivity index (χ0) is 16.2. The molecule has 1 unspecified atom stereocenters. The Labute approximate surface area is 130 Å². The van der Waals surface area contributed by atoms with E-state index in [9.17, 15) is 17.6 Å². The maximum atomic E-state index is 13.7. The Morgan fingerprint density at radius 1 is 1.19 bits per heavy atom. The van der Waals surface area contributed by atoms with Gasteiger partial charge >= 0.3 is 12.3 Å². The average Bonchev–Trinajstić information content (AvgIpc) is 2.40. The fourth-order valence-electron chi connectivity index (χ4n) is 1.81. The summed E-state index contributed by atoms with van der Waals surface area (Å²) in [6, 6.07) is 0.427. The van der Waals surface area contributed by atoms with Gasteiger partial charge in [-0.15, -0.1) is 0 Å². The van der Waals surface area contributed by atoms with Gasteiger partial charge in [0.05, 0.1) is 11.6 Å². The summed E-state index contributed by atoms with van der Waals surface area (Å²) in [6.07, 6.45) is -3.83. The summed E-state index contributed by atoms with van der Waals surface area (Å²) in [5, 5.41) is 2.24. The minimum absolute atomic E-state index is 0.0317. The molecule has 0 aromatic heterocycles. The van der Waals surface area contributed by atoms with Crippen LogP contribution in [0.4, 0.5) is 17.6 Å². The quantitative estimate of drug-likeness (QED) is 0.705.